The molecule has 2 aromatic carbocycles. The third-order valence-electron chi connectivity index (χ3n) is 6.63. The van der Waals surface area contributed by atoms with Crippen molar-refractivity contribution in [3.8, 4) is 0 Å². The Balaban J connectivity index is 1.64. The highest BCUT2D eigenvalue weighted by molar-refractivity contribution is 6.99. The van der Waals surface area contributed by atoms with Gasteiger partial charge in [-0.15, -0.1) is 0 Å². The van der Waals surface area contributed by atoms with E-state index >= 15 is 0 Å². The molecule has 4 atom stereocenters. The lowest BCUT2D eigenvalue weighted by Gasteiger charge is -2.43. The number of hydrogen-bond acceptors (Lipinski definition) is 7. The molecule has 0 spiro atoms. The average Bonchev–Trinajstić information content (AvgIpc) is 3.13. The van der Waals surface area contributed by atoms with Gasteiger partial charge in [-0.25, -0.2) is 4.79 Å². The highest BCUT2D eigenvalue weighted by Gasteiger charge is 2.52. The van der Waals surface area contributed by atoms with Crippen molar-refractivity contribution in [2.24, 2.45) is 0 Å². The van der Waals surface area contributed by atoms with Gasteiger partial charge < -0.3 is 24.7 Å². The number of anilines is 1. The van der Waals surface area contributed by atoms with Crippen molar-refractivity contribution < 1.29 is 24.2 Å². The van der Waals surface area contributed by atoms with Crippen molar-refractivity contribution in [1.82, 2.24) is 9.55 Å². The van der Waals surface area contributed by atoms with E-state index in [0.29, 0.717) is 0 Å². The molecule has 0 saturated carbocycles. The maximum Gasteiger partial charge on any atom is 0.351 e. The topological polar surface area (TPSA) is 123 Å². The normalized spacial score (nSPS) is 22.1. The molecule has 37 heavy (non-hydrogen) atoms. The minimum atomic E-state index is -2.90. The fourth-order valence-corrected chi connectivity index (χ4v) is 9.49. The van der Waals surface area contributed by atoms with Crippen LogP contribution in [0.3, 0.4) is 0 Å². The second-order valence-corrected chi connectivity index (χ2v) is 14.5. The van der Waals surface area contributed by atoms with Gasteiger partial charge in [0.2, 0.25) is 5.91 Å². The van der Waals surface area contributed by atoms with Crippen LogP contribution in [0.4, 0.5) is 5.82 Å². The Morgan fingerprint density at radius 2 is 1.59 bits per heavy atom. The van der Waals surface area contributed by atoms with E-state index in [9.17, 15) is 19.8 Å². The molecule has 1 aliphatic heterocycles. The molecule has 10 heteroatoms. The predicted molar refractivity (Wildman–Crippen MR) is 142 cm³/mol. The number of carbonyl (C=O) groups excluding carboxylic acids is 1. The molecule has 1 aromatic heterocycles. The molecule has 3 N–H and O–H groups in total. The zero-order valence-electron chi connectivity index (χ0n) is 21.4. The first-order chi connectivity index (χ1) is 17.5. The molecular formula is C27H33N3O6Si. The Morgan fingerprint density at radius 3 is 2.08 bits per heavy atom. The van der Waals surface area contributed by atoms with E-state index in [-0.39, 0.29) is 23.4 Å². The number of aromatic nitrogens is 2. The Labute approximate surface area is 216 Å². The van der Waals surface area contributed by atoms with Crippen molar-refractivity contribution in [2.45, 2.75) is 57.3 Å². The number of rotatable bonds is 7. The van der Waals surface area contributed by atoms with E-state index in [4.69, 9.17) is 9.16 Å². The Kier molecular flexibility index (Phi) is 7.76. The van der Waals surface area contributed by atoms with Gasteiger partial charge in [0.05, 0.1) is 6.61 Å². The van der Waals surface area contributed by atoms with Gasteiger partial charge in [0.1, 0.15) is 24.1 Å². The van der Waals surface area contributed by atoms with E-state index in [0.717, 1.165) is 14.9 Å². The number of ether oxygens (including phenoxy) is 1. The SMILES string of the molecule is CC(=O)Nc1ccn([C@@H]2O[C@H](CO[Si](c3ccccc3)(c3ccccc3)C(C)(C)C)C(O)C2O)c(=O)n1. The van der Waals surface area contributed by atoms with Gasteiger partial charge in [-0.2, -0.15) is 4.98 Å². The first-order valence-electron chi connectivity index (χ1n) is 12.2. The van der Waals surface area contributed by atoms with Crippen LogP contribution in [0.25, 0.3) is 0 Å². The van der Waals surface area contributed by atoms with Gasteiger partial charge in [-0.1, -0.05) is 81.4 Å². The summed E-state index contributed by atoms with van der Waals surface area (Å²) in [5.41, 5.74) is -0.726. The maximum atomic E-state index is 12.6. The van der Waals surface area contributed by atoms with E-state index in [2.05, 4.69) is 55.3 Å². The first kappa shape index (κ1) is 26.9. The van der Waals surface area contributed by atoms with E-state index in [1.54, 1.807) is 0 Å². The van der Waals surface area contributed by atoms with Crippen molar-refractivity contribution in [3.05, 3.63) is 83.4 Å². The predicted octanol–water partition coefficient (Wildman–Crippen LogP) is 1.40. The second-order valence-electron chi connectivity index (χ2n) is 10.2. The third kappa shape index (κ3) is 5.29. The van der Waals surface area contributed by atoms with Gasteiger partial charge >= 0.3 is 5.69 Å². The van der Waals surface area contributed by atoms with Gasteiger partial charge in [0.15, 0.2) is 6.23 Å². The zero-order chi connectivity index (χ0) is 26.8. The summed E-state index contributed by atoms with van der Waals surface area (Å²) in [7, 11) is -2.90. The number of nitrogens with one attached hydrogen (secondary N) is 1. The smallest absolute Gasteiger partial charge is 0.351 e. The number of nitrogens with zero attached hydrogens (tertiary/aromatic N) is 2. The largest absolute Gasteiger partial charge is 0.405 e. The van der Waals surface area contributed by atoms with Crippen LogP contribution in [0.15, 0.2) is 77.7 Å². The summed E-state index contributed by atoms with van der Waals surface area (Å²) in [5.74, 6) is -0.272. The second kappa shape index (κ2) is 10.7. The number of amides is 1. The fourth-order valence-electron chi connectivity index (χ4n) is 4.92. The van der Waals surface area contributed by atoms with E-state index < -0.39 is 38.5 Å². The van der Waals surface area contributed by atoms with Gasteiger partial charge in [0.25, 0.3) is 8.32 Å². The summed E-state index contributed by atoms with van der Waals surface area (Å²) in [6.45, 7) is 7.75. The quantitative estimate of drug-likeness (QED) is 0.400. The van der Waals surface area contributed by atoms with Gasteiger partial charge in [-0.3, -0.25) is 9.36 Å². The lowest BCUT2D eigenvalue weighted by atomic mass is 10.1. The molecule has 196 valence electrons. The highest BCUT2D eigenvalue weighted by atomic mass is 28.4. The summed E-state index contributed by atoms with van der Waals surface area (Å²) < 4.78 is 13.9. The number of carbonyl (C=O) groups is 1. The summed E-state index contributed by atoms with van der Waals surface area (Å²) in [6.07, 6.45) is -3.34. The third-order valence-corrected chi connectivity index (χ3v) is 11.6. The van der Waals surface area contributed by atoms with Crippen molar-refractivity contribution in [3.63, 3.8) is 0 Å². The molecule has 1 amide bonds. The zero-order valence-corrected chi connectivity index (χ0v) is 22.4. The molecule has 1 saturated heterocycles. The Hall–Kier alpha value is -3.15. The molecule has 1 aliphatic rings. The molecule has 0 aliphatic carbocycles. The summed E-state index contributed by atoms with van der Waals surface area (Å²) in [5, 5.41) is 25.9. The van der Waals surface area contributed by atoms with E-state index in [1.165, 1.54) is 19.2 Å². The molecule has 2 heterocycles. The van der Waals surface area contributed by atoms with Crippen molar-refractivity contribution in [2.75, 3.05) is 11.9 Å². The summed E-state index contributed by atoms with van der Waals surface area (Å²) >= 11 is 0. The number of aliphatic hydroxyl groups excluding tert-OH is 2. The minimum Gasteiger partial charge on any atom is -0.405 e. The van der Waals surface area contributed by atoms with Crippen LogP contribution in [0.2, 0.25) is 5.04 Å². The van der Waals surface area contributed by atoms with Crippen LogP contribution in [-0.4, -0.2) is 58.9 Å². The number of aliphatic hydroxyl groups is 2. The minimum absolute atomic E-state index is 0.00810. The molecule has 0 bridgehead atoms. The molecule has 4 rings (SSSR count). The van der Waals surface area contributed by atoms with Crippen LogP contribution in [0.1, 0.15) is 33.9 Å². The number of benzene rings is 2. The van der Waals surface area contributed by atoms with Crippen LogP contribution in [-0.2, 0) is 14.0 Å². The first-order valence-corrected chi connectivity index (χ1v) is 14.1. The van der Waals surface area contributed by atoms with Crippen molar-refractivity contribution in [1.29, 1.82) is 0 Å². The van der Waals surface area contributed by atoms with E-state index in [1.807, 2.05) is 36.4 Å². The standard InChI is InChI=1S/C27H33N3O6Si/c1-18(31)28-22-15-16-30(26(34)29-22)25-24(33)23(32)21(36-25)17-35-37(27(2,3)4,19-11-7-5-8-12-19)20-13-9-6-10-14-20/h5-16,21,23-25,32-33H,17H2,1-4H3,(H,28,29,31,34)/t21-,23?,24?,25-/m1/s1. The highest BCUT2D eigenvalue weighted by Crippen LogP contribution is 2.38. The average molecular weight is 524 g/mol. The van der Waals surface area contributed by atoms with Crippen LogP contribution >= 0.6 is 0 Å². The van der Waals surface area contributed by atoms with Gasteiger partial charge in [-0.05, 0) is 21.5 Å². The monoisotopic (exact) mass is 523 g/mol. The molecule has 0 radical (unpaired) electrons. The Bertz CT molecular complexity index is 1240. The number of hydrogen-bond donors (Lipinski definition) is 3. The van der Waals surface area contributed by atoms with Gasteiger partial charge in [0, 0.05) is 13.1 Å². The molecular weight excluding hydrogens is 490 g/mol. The van der Waals surface area contributed by atoms with Crippen LogP contribution in [0, 0.1) is 0 Å². The van der Waals surface area contributed by atoms with Crippen LogP contribution < -0.4 is 21.4 Å². The molecule has 1 fully saturated rings. The lowest BCUT2D eigenvalue weighted by Crippen LogP contribution is -2.67. The molecule has 9 nitrogen and oxygen atoms in total. The Morgan fingerprint density at radius 1 is 1.03 bits per heavy atom. The van der Waals surface area contributed by atoms with Crippen molar-refractivity contribution >= 4 is 30.4 Å². The maximum absolute atomic E-state index is 12.6. The lowest BCUT2D eigenvalue weighted by molar-refractivity contribution is -0.114. The molecule has 3 aromatic rings. The summed E-state index contributed by atoms with van der Waals surface area (Å²) in [6, 6.07) is 21.6. The molecule has 2 unspecified atom stereocenters. The van der Waals surface area contributed by atoms with Crippen LogP contribution in [0.5, 0.6) is 0 Å². The fraction of sp³-hybridized carbons (Fsp3) is 0.370. The summed E-state index contributed by atoms with van der Waals surface area (Å²) in [4.78, 5) is 27.7.